The molecule has 1 amide bonds. The molecule has 0 spiro atoms. The number of nitrogens with zero attached hydrogens (tertiary/aromatic N) is 3. The lowest BCUT2D eigenvalue weighted by molar-refractivity contribution is -0.111. The summed E-state index contributed by atoms with van der Waals surface area (Å²) < 4.78 is 25.5. The number of benzene rings is 2. The number of hydrogen-bond acceptors (Lipinski definition) is 7. The molecule has 38 heavy (non-hydrogen) atoms. The molecule has 1 saturated heterocycles. The van der Waals surface area contributed by atoms with Crippen LogP contribution < -0.4 is 15.4 Å². The zero-order valence-electron chi connectivity index (χ0n) is 21.3. The Bertz CT molecular complexity index is 1330. The van der Waals surface area contributed by atoms with Crippen molar-refractivity contribution in [3.05, 3.63) is 59.7 Å². The Balaban J connectivity index is 1.34. The second-order valence-electron chi connectivity index (χ2n) is 9.76. The number of amides is 1. The lowest BCUT2D eigenvalue weighted by Crippen LogP contribution is -2.29. The van der Waals surface area contributed by atoms with E-state index >= 15 is 0 Å². The molecule has 2 heterocycles. The lowest BCUT2D eigenvalue weighted by Gasteiger charge is -2.27. The Morgan fingerprint density at radius 3 is 2.84 bits per heavy atom. The van der Waals surface area contributed by atoms with Crippen LogP contribution in [0.3, 0.4) is 0 Å². The monoisotopic (exact) mass is 539 g/mol. The van der Waals surface area contributed by atoms with E-state index in [0.29, 0.717) is 40.4 Å². The zero-order chi connectivity index (χ0) is 26.5. The highest BCUT2D eigenvalue weighted by molar-refractivity contribution is 6.31. The highest BCUT2D eigenvalue weighted by Gasteiger charge is 2.22. The molecule has 1 aliphatic carbocycles. The van der Waals surface area contributed by atoms with Crippen LogP contribution in [0.1, 0.15) is 32.1 Å². The first-order valence-electron chi connectivity index (χ1n) is 12.9. The molecular formula is C28H31ClFN5O3. The molecule has 200 valence electrons. The summed E-state index contributed by atoms with van der Waals surface area (Å²) in [6.07, 6.45) is 10.5. The van der Waals surface area contributed by atoms with Crippen molar-refractivity contribution in [2.75, 3.05) is 37.4 Å². The molecule has 5 rings (SSSR count). The van der Waals surface area contributed by atoms with Gasteiger partial charge in [-0.3, -0.25) is 4.79 Å². The third-order valence-electron chi connectivity index (χ3n) is 6.75. The number of hydrogen-bond donors (Lipinski definition) is 2. The Morgan fingerprint density at radius 1 is 1.24 bits per heavy atom. The third kappa shape index (κ3) is 6.59. The molecule has 1 saturated carbocycles. The number of fused-ring (bicyclic) bond motifs is 1. The summed E-state index contributed by atoms with van der Waals surface area (Å²) in [6.45, 7) is 2.30. The summed E-state index contributed by atoms with van der Waals surface area (Å²) in [5.41, 5.74) is 1.75. The number of carbonyl (C=O) groups excluding carboxylic acids is 1. The first-order valence-corrected chi connectivity index (χ1v) is 13.3. The molecule has 2 fully saturated rings. The van der Waals surface area contributed by atoms with Crippen LogP contribution in [0.2, 0.25) is 5.02 Å². The Labute approximate surface area is 226 Å². The number of anilines is 3. The molecular weight excluding hydrogens is 509 g/mol. The zero-order valence-corrected chi connectivity index (χ0v) is 22.0. The molecule has 0 radical (unpaired) electrons. The van der Waals surface area contributed by atoms with Crippen molar-refractivity contribution in [3.8, 4) is 5.75 Å². The van der Waals surface area contributed by atoms with E-state index in [2.05, 4.69) is 25.5 Å². The molecule has 10 heteroatoms. The summed E-state index contributed by atoms with van der Waals surface area (Å²) in [7, 11) is 2.01. The van der Waals surface area contributed by atoms with E-state index in [0.717, 1.165) is 45.3 Å². The summed E-state index contributed by atoms with van der Waals surface area (Å²) in [4.78, 5) is 23.7. The molecule has 0 bridgehead atoms. The average molecular weight is 540 g/mol. The lowest BCUT2D eigenvalue weighted by atomic mass is 9.96. The van der Waals surface area contributed by atoms with Crippen molar-refractivity contribution >= 4 is 45.6 Å². The molecule has 1 atom stereocenters. The predicted molar refractivity (Wildman–Crippen MR) is 147 cm³/mol. The van der Waals surface area contributed by atoms with E-state index in [1.807, 2.05) is 19.2 Å². The maximum Gasteiger partial charge on any atom is 0.248 e. The third-order valence-corrected chi connectivity index (χ3v) is 7.04. The highest BCUT2D eigenvalue weighted by Crippen LogP contribution is 2.36. The number of carbonyl (C=O) groups is 1. The van der Waals surface area contributed by atoms with Crippen LogP contribution >= 0.6 is 11.6 Å². The summed E-state index contributed by atoms with van der Waals surface area (Å²) in [6, 6.07) is 7.96. The van der Waals surface area contributed by atoms with E-state index in [1.54, 1.807) is 12.1 Å². The minimum atomic E-state index is -0.501. The first kappa shape index (κ1) is 26.3. The topological polar surface area (TPSA) is 88.6 Å². The highest BCUT2D eigenvalue weighted by atomic mass is 35.5. The summed E-state index contributed by atoms with van der Waals surface area (Å²) in [5.74, 6) is 0.298. The van der Waals surface area contributed by atoms with Crippen LogP contribution in [0.15, 0.2) is 48.8 Å². The number of likely N-dealkylation sites (N-methyl/N-ethyl adjacent to an activating group) is 1. The standard InChI is InChI=1S/C28H31ClFN5O3/c1-35(16-20-7-4-12-37-20)11-3-8-27(36)34-25-14-21-24(15-26(25)38-19-5-2-6-19)31-17-32-28(21)33-18-9-10-23(30)22(29)13-18/h3,8-10,13-15,17,19-20H,2,4-7,11-12,16H2,1H3,(H,34,36)(H,31,32,33)/b8-3+/t20-/m0/s1. The maximum atomic E-state index is 13.6. The normalized spacial score (nSPS) is 17.7. The van der Waals surface area contributed by atoms with Gasteiger partial charge in [0.05, 0.1) is 28.4 Å². The van der Waals surface area contributed by atoms with Crippen LogP contribution in [0, 0.1) is 5.82 Å². The van der Waals surface area contributed by atoms with E-state index in [-0.39, 0.29) is 23.1 Å². The fourth-order valence-corrected chi connectivity index (χ4v) is 4.66. The van der Waals surface area contributed by atoms with Crippen molar-refractivity contribution in [3.63, 3.8) is 0 Å². The minimum absolute atomic E-state index is 0.00528. The van der Waals surface area contributed by atoms with Gasteiger partial charge >= 0.3 is 0 Å². The Morgan fingerprint density at radius 2 is 2.11 bits per heavy atom. The summed E-state index contributed by atoms with van der Waals surface area (Å²) in [5, 5.41) is 6.81. The molecule has 1 aromatic heterocycles. The van der Waals surface area contributed by atoms with Gasteiger partial charge in [0.2, 0.25) is 5.91 Å². The minimum Gasteiger partial charge on any atom is -0.488 e. The van der Waals surface area contributed by atoms with Crippen molar-refractivity contribution in [1.29, 1.82) is 0 Å². The molecule has 0 unspecified atom stereocenters. The number of halogens is 2. The van der Waals surface area contributed by atoms with Crippen LogP contribution in [0.5, 0.6) is 5.75 Å². The van der Waals surface area contributed by atoms with Crippen molar-refractivity contribution < 1.29 is 18.7 Å². The van der Waals surface area contributed by atoms with Crippen molar-refractivity contribution in [2.24, 2.45) is 0 Å². The number of rotatable bonds is 10. The number of ether oxygens (including phenoxy) is 2. The molecule has 1 aliphatic heterocycles. The van der Waals surface area contributed by atoms with E-state index < -0.39 is 5.82 Å². The second kappa shape index (κ2) is 12.1. The fourth-order valence-electron chi connectivity index (χ4n) is 4.48. The second-order valence-corrected chi connectivity index (χ2v) is 10.2. The van der Waals surface area contributed by atoms with Gasteiger partial charge in [0.25, 0.3) is 0 Å². The first-order chi connectivity index (χ1) is 18.4. The number of aromatic nitrogens is 2. The van der Waals surface area contributed by atoms with Crippen LogP contribution in [0.25, 0.3) is 10.9 Å². The van der Waals surface area contributed by atoms with Crippen LogP contribution in [-0.2, 0) is 9.53 Å². The van der Waals surface area contributed by atoms with Crippen LogP contribution in [0.4, 0.5) is 21.6 Å². The average Bonchev–Trinajstić information content (AvgIpc) is 3.37. The maximum absolute atomic E-state index is 13.6. The smallest absolute Gasteiger partial charge is 0.248 e. The van der Waals surface area contributed by atoms with Gasteiger partial charge in [-0.1, -0.05) is 17.7 Å². The molecule has 8 nitrogen and oxygen atoms in total. The Hall–Kier alpha value is -3.27. The molecule has 3 aromatic rings. The molecule has 2 aliphatic rings. The Kier molecular flexibility index (Phi) is 8.36. The molecule has 2 aromatic carbocycles. The van der Waals surface area contributed by atoms with Gasteiger partial charge < -0.3 is 25.0 Å². The van der Waals surface area contributed by atoms with Crippen molar-refractivity contribution in [1.82, 2.24) is 14.9 Å². The molecule has 2 N–H and O–H groups in total. The van der Waals surface area contributed by atoms with Gasteiger partial charge in [0, 0.05) is 42.9 Å². The van der Waals surface area contributed by atoms with Crippen molar-refractivity contribution in [2.45, 2.75) is 44.3 Å². The summed E-state index contributed by atoms with van der Waals surface area (Å²) >= 11 is 5.95. The number of nitrogens with one attached hydrogen (secondary N) is 2. The van der Waals surface area contributed by atoms with E-state index in [9.17, 15) is 9.18 Å². The van der Waals surface area contributed by atoms with E-state index in [4.69, 9.17) is 21.1 Å². The van der Waals surface area contributed by atoms with E-state index in [1.165, 1.54) is 24.5 Å². The van der Waals surface area contributed by atoms with Gasteiger partial charge in [-0.05, 0) is 63.4 Å². The van der Waals surface area contributed by atoms with Gasteiger partial charge in [-0.2, -0.15) is 0 Å². The quantitative estimate of drug-likeness (QED) is 0.319. The fraction of sp³-hybridized carbons (Fsp3) is 0.393. The van der Waals surface area contributed by atoms with Gasteiger partial charge in [-0.15, -0.1) is 0 Å². The predicted octanol–water partition coefficient (Wildman–Crippen LogP) is 5.70. The van der Waals surface area contributed by atoms with Crippen LogP contribution in [-0.4, -0.2) is 59.7 Å². The van der Waals surface area contributed by atoms with Gasteiger partial charge in [0.1, 0.15) is 23.7 Å². The SMILES string of the molecule is CN(C/C=C/C(=O)Nc1cc2c(Nc3ccc(F)c(Cl)c3)ncnc2cc1OC1CCC1)C[C@@H]1CCCO1. The van der Waals surface area contributed by atoms with Gasteiger partial charge in [-0.25, -0.2) is 14.4 Å². The van der Waals surface area contributed by atoms with Gasteiger partial charge in [0.15, 0.2) is 0 Å². The largest absolute Gasteiger partial charge is 0.488 e.